The van der Waals surface area contributed by atoms with Crippen LogP contribution in [0.1, 0.15) is 44.6 Å². The number of nitrogens with one attached hydrogen (secondary N) is 2. The van der Waals surface area contributed by atoms with Gasteiger partial charge in [0.05, 0.1) is 18.8 Å². The molecular formula is C17H26N2O3. The highest BCUT2D eigenvalue weighted by molar-refractivity contribution is 5.90. The topological polar surface area (TPSA) is 70.6 Å². The molecule has 0 aromatic heterocycles. The highest BCUT2D eigenvalue weighted by Crippen LogP contribution is 2.30. The van der Waals surface area contributed by atoms with E-state index in [0.29, 0.717) is 12.5 Å². The van der Waals surface area contributed by atoms with Gasteiger partial charge in [-0.15, -0.1) is 0 Å². The van der Waals surface area contributed by atoms with E-state index in [2.05, 4.69) is 10.6 Å². The predicted molar refractivity (Wildman–Crippen MR) is 87.4 cm³/mol. The van der Waals surface area contributed by atoms with Gasteiger partial charge in [0, 0.05) is 11.3 Å². The molecule has 0 heterocycles. The maximum absolute atomic E-state index is 12.0. The number of hydrogen-bond acceptors (Lipinski definition) is 3. The van der Waals surface area contributed by atoms with Gasteiger partial charge in [-0.25, -0.2) is 4.79 Å². The molecule has 1 aliphatic carbocycles. The van der Waals surface area contributed by atoms with Gasteiger partial charge in [0.1, 0.15) is 5.75 Å². The molecule has 22 heavy (non-hydrogen) atoms. The number of hydrogen-bond donors (Lipinski definition) is 3. The highest BCUT2D eigenvalue weighted by Gasteiger charge is 2.18. The van der Waals surface area contributed by atoms with E-state index in [1.54, 1.807) is 0 Å². The standard InChI is InChI=1S/C17H26N2O3/c1-3-13(11-20)18-17(21)19-15-9-6-10-16(12(15)2)22-14-7-4-5-8-14/h6,9-10,13-14,20H,3-5,7-8,11H2,1-2H3,(H2,18,19,21). The first-order valence-electron chi connectivity index (χ1n) is 8.08. The van der Waals surface area contributed by atoms with E-state index < -0.39 is 0 Å². The molecule has 122 valence electrons. The first kappa shape index (κ1) is 16.6. The molecular weight excluding hydrogens is 280 g/mol. The van der Waals surface area contributed by atoms with Crippen molar-refractivity contribution in [3.05, 3.63) is 23.8 Å². The summed E-state index contributed by atoms with van der Waals surface area (Å²) in [5.74, 6) is 0.832. The monoisotopic (exact) mass is 306 g/mol. The maximum Gasteiger partial charge on any atom is 0.319 e. The van der Waals surface area contributed by atoms with Crippen molar-refractivity contribution in [2.45, 2.75) is 58.1 Å². The molecule has 2 amide bonds. The summed E-state index contributed by atoms with van der Waals surface area (Å²) in [6, 6.07) is 5.16. The molecule has 0 spiro atoms. The van der Waals surface area contributed by atoms with E-state index in [9.17, 15) is 4.79 Å². The van der Waals surface area contributed by atoms with E-state index in [1.807, 2.05) is 32.0 Å². The average Bonchev–Trinajstić information content (AvgIpc) is 3.02. The number of carbonyl (C=O) groups is 1. The Labute approximate surface area is 132 Å². The summed E-state index contributed by atoms with van der Waals surface area (Å²) in [5.41, 5.74) is 1.67. The molecule has 5 nitrogen and oxygen atoms in total. The van der Waals surface area contributed by atoms with Gasteiger partial charge >= 0.3 is 6.03 Å². The van der Waals surface area contributed by atoms with E-state index >= 15 is 0 Å². The van der Waals surface area contributed by atoms with E-state index in [-0.39, 0.29) is 18.7 Å². The van der Waals surface area contributed by atoms with Crippen LogP contribution < -0.4 is 15.4 Å². The average molecular weight is 306 g/mol. The summed E-state index contributed by atoms with van der Waals surface area (Å²) in [7, 11) is 0. The number of urea groups is 1. The van der Waals surface area contributed by atoms with Crippen molar-refractivity contribution in [1.82, 2.24) is 5.32 Å². The van der Waals surface area contributed by atoms with Crippen molar-refractivity contribution in [3.63, 3.8) is 0 Å². The molecule has 3 N–H and O–H groups in total. The second-order valence-electron chi connectivity index (χ2n) is 5.84. The van der Waals surface area contributed by atoms with E-state index in [1.165, 1.54) is 12.8 Å². The van der Waals surface area contributed by atoms with Crippen LogP contribution in [0.4, 0.5) is 10.5 Å². The van der Waals surface area contributed by atoms with Crippen LogP contribution in [0.3, 0.4) is 0 Å². The molecule has 0 bridgehead atoms. The van der Waals surface area contributed by atoms with Crippen molar-refractivity contribution in [2.24, 2.45) is 0 Å². The molecule has 0 saturated heterocycles. The molecule has 0 aliphatic heterocycles. The summed E-state index contributed by atoms with van der Waals surface area (Å²) < 4.78 is 6.04. The third-order valence-corrected chi connectivity index (χ3v) is 4.18. The van der Waals surface area contributed by atoms with Gasteiger partial charge in [0.2, 0.25) is 0 Å². The Hall–Kier alpha value is -1.75. The van der Waals surface area contributed by atoms with Crippen LogP contribution in [0.5, 0.6) is 5.75 Å². The van der Waals surface area contributed by atoms with Crippen LogP contribution in [0.15, 0.2) is 18.2 Å². The number of aliphatic hydroxyl groups excluding tert-OH is 1. The smallest absolute Gasteiger partial charge is 0.319 e. The van der Waals surface area contributed by atoms with Gasteiger partial charge in [-0.2, -0.15) is 0 Å². The summed E-state index contributed by atoms with van der Waals surface area (Å²) >= 11 is 0. The summed E-state index contributed by atoms with van der Waals surface area (Å²) in [5, 5.41) is 14.7. The minimum absolute atomic E-state index is 0.0618. The number of amides is 2. The zero-order chi connectivity index (χ0) is 15.9. The van der Waals surface area contributed by atoms with Gasteiger partial charge in [-0.05, 0) is 51.2 Å². The predicted octanol–water partition coefficient (Wildman–Crippen LogP) is 3.21. The minimum Gasteiger partial charge on any atom is -0.490 e. The lowest BCUT2D eigenvalue weighted by Crippen LogP contribution is -2.39. The SMILES string of the molecule is CCC(CO)NC(=O)Nc1cccc(OC2CCCC2)c1C. The van der Waals surface area contributed by atoms with Crippen LogP contribution in [-0.2, 0) is 0 Å². The molecule has 1 aromatic carbocycles. The zero-order valence-electron chi connectivity index (χ0n) is 13.4. The Morgan fingerprint density at radius 3 is 2.77 bits per heavy atom. The molecule has 1 saturated carbocycles. The van der Waals surface area contributed by atoms with Gasteiger partial charge < -0.3 is 20.5 Å². The lowest BCUT2D eigenvalue weighted by atomic mass is 10.1. The number of rotatable bonds is 6. The molecule has 1 atom stereocenters. The molecule has 1 aliphatic rings. The Morgan fingerprint density at radius 1 is 1.41 bits per heavy atom. The van der Waals surface area contributed by atoms with Crippen LogP contribution in [-0.4, -0.2) is 29.9 Å². The number of anilines is 1. The molecule has 0 radical (unpaired) electrons. The van der Waals surface area contributed by atoms with Crippen LogP contribution in [0, 0.1) is 6.92 Å². The molecule has 5 heteroatoms. The van der Waals surface area contributed by atoms with Gasteiger partial charge in [0.25, 0.3) is 0 Å². The molecule has 1 fully saturated rings. The Kier molecular flexibility index (Phi) is 6.07. The van der Waals surface area contributed by atoms with E-state index in [0.717, 1.165) is 29.8 Å². The first-order chi connectivity index (χ1) is 10.6. The van der Waals surface area contributed by atoms with Gasteiger partial charge in [-0.1, -0.05) is 13.0 Å². The number of ether oxygens (including phenoxy) is 1. The Bertz CT molecular complexity index is 495. The van der Waals surface area contributed by atoms with Crippen LogP contribution in [0.2, 0.25) is 0 Å². The Morgan fingerprint density at radius 2 is 2.14 bits per heavy atom. The van der Waals surface area contributed by atoms with Crippen molar-refractivity contribution < 1.29 is 14.6 Å². The third kappa shape index (κ3) is 4.37. The maximum atomic E-state index is 12.0. The fourth-order valence-electron chi connectivity index (χ4n) is 2.68. The van der Waals surface area contributed by atoms with Crippen LogP contribution >= 0.6 is 0 Å². The number of aliphatic hydroxyl groups is 1. The Balaban J connectivity index is 2.00. The molecule has 2 rings (SSSR count). The van der Waals surface area contributed by atoms with Crippen LogP contribution in [0.25, 0.3) is 0 Å². The number of benzene rings is 1. The molecule has 1 aromatic rings. The van der Waals surface area contributed by atoms with Crippen molar-refractivity contribution >= 4 is 11.7 Å². The second kappa shape index (κ2) is 8.03. The van der Waals surface area contributed by atoms with Gasteiger partial charge in [0.15, 0.2) is 0 Å². The normalized spacial score (nSPS) is 16.3. The first-order valence-corrected chi connectivity index (χ1v) is 8.08. The van der Waals surface area contributed by atoms with Crippen molar-refractivity contribution in [2.75, 3.05) is 11.9 Å². The van der Waals surface area contributed by atoms with Gasteiger partial charge in [-0.3, -0.25) is 0 Å². The number of carbonyl (C=O) groups excluding carboxylic acids is 1. The summed E-state index contributed by atoms with van der Waals surface area (Å²) in [6.07, 6.45) is 5.64. The summed E-state index contributed by atoms with van der Waals surface area (Å²) in [4.78, 5) is 12.0. The van der Waals surface area contributed by atoms with Crippen molar-refractivity contribution in [1.29, 1.82) is 0 Å². The third-order valence-electron chi connectivity index (χ3n) is 4.18. The lowest BCUT2D eigenvalue weighted by Gasteiger charge is -2.19. The quantitative estimate of drug-likeness (QED) is 0.756. The second-order valence-corrected chi connectivity index (χ2v) is 5.84. The fourth-order valence-corrected chi connectivity index (χ4v) is 2.68. The molecule has 1 unspecified atom stereocenters. The highest BCUT2D eigenvalue weighted by atomic mass is 16.5. The largest absolute Gasteiger partial charge is 0.490 e. The van der Waals surface area contributed by atoms with E-state index in [4.69, 9.17) is 9.84 Å². The van der Waals surface area contributed by atoms with Crippen molar-refractivity contribution in [3.8, 4) is 5.75 Å². The summed E-state index contributed by atoms with van der Waals surface area (Å²) in [6.45, 7) is 3.81. The zero-order valence-corrected chi connectivity index (χ0v) is 13.4. The fraction of sp³-hybridized carbons (Fsp3) is 0.588. The minimum atomic E-state index is -0.304. The lowest BCUT2D eigenvalue weighted by molar-refractivity contribution is 0.208.